The van der Waals surface area contributed by atoms with Crippen molar-refractivity contribution in [3.8, 4) is 0 Å². The number of aromatic nitrogens is 3. The fraction of sp³-hybridized carbons (Fsp3) is 0.273. The van der Waals surface area contributed by atoms with Crippen LogP contribution in [0.5, 0.6) is 0 Å². The van der Waals surface area contributed by atoms with Gasteiger partial charge in [-0.15, -0.1) is 0 Å². The van der Waals surface area contributed by atoms with E-state index in [2.05, 4.69) is 9.97 Å². The molecule has 0 radical (unpaired) electrons. The van der Waals surface area contributed by atoms with E-state index in [-0.39, 0.29) is 0 Å². The van der Waals surface area contributed by atoms with Crippen LogP contribution >= 0.6 is 0 Å². The van der Waals surface area contributed by atoms with Crippen LogP contribution in [0.15, 0.2) is 24.7 Å². The number of rotatable bonds is 1. The van der Waals surface area contributed by atoms with E-state index >= 15 is 0 Å². The summed E-state index contributed by atoms with van der Waals surface area (Å²) in [5.74, 6) is 0.356. The van der Waals surface area contributed by atoms with Gasteiger partial charge in [0.05, 0.1) is 17.3 Å². The molecule has 0 aliphatic heterocycles. The van der Waals surface area contributed by atoms with Gasteiger partial charge < -0.3 is 15.9 Å². The third kappa shape index (κ3) is 1.42. The second-order valence-electron chi connectivity index (χ2n) is 4.06. The Hall–Kier alpha value is -1.92. The van der Waals surface area contributed by atoms with Crippen molar-refractivity contribution in [1.29, 1.82) is 0 Å². The highest BCUT2D eigenvalue weighted by atomic mass is 16.3. The molecule has 0 unspecified atom stereocenters. The molecule has 17 heavy (non-hydrogen) atoms. The van der Waals surface area contributed by atoms with E-state index in [1.54, 1.807) is 29.2 Å². The van der Waals surface area contributed by atoms with Gasteiger partial charge in [-0.3, -0.25) is 4.57 Å². The molecule has 0 bridgehead atoms. The van der Waals surface area contributed by atoms with E-state index in [1.165, 1.54) is 0 Å². The van der Waals surface area contributed by atoms with Crippen molar-refractivity contribution in [2.75, 3.05) is 5.73 Å². The van der Waals surface area contributed by atoms with Gasteiger partial charge in [0.2, 0.25) is 0 Å². The number of hydrogen-bond donors (Lipinski definition) is 3. The number of aliphatic hydroxyl groups is 2. The highest BCUT2D eigenvalue weighted by Crippen LogP contribution is 2.28. The van der Waals surface area contributed by atoms with Gasteiger partial charge in [-0.1, -0.05) is 6.08 Å². The second-order valence-corrected chi connectivity index (χ2v) is 4.06. The molecular weight excluding hydrogens is 220 g/mol. The van der Waals surface area contributed by atoms with Crippen LogP contribution in [0.1, 0.15) is 6.42 Å². The van der Waals surface area contributed by atoms with Gasteiger partial charge in [0.1, 0.15) is 17.9 Å². The minimum atomic E-state index is -0.887. The van der Waals surface area contributed by atoms with Crippen LogP contribution in [0.4, 0.5) is 5.82 Å². The number of hydrogen-bond acceptors (Lipinski definition) is 5. The van der Waals surface area contributed by atoms with Crippen molar-refractivity contribution in [1.82, 2.24) is 14.5 Å². The molecule has 2 aromatic rings. The number of nitrogens with zero attached hydrogens (tertiary/aromatic N) is 3. The lowest BCUT2D eigenvalue weighted by Crippen LogP contribution is -2.23. The first-order valence-electron chi connectivity index (χ1n) is 5.32. The Kier molecular flexibility index (Phi) is 2.13. The largest absolute Gasteiger partial charge is 0.390 e. The molecule has 0 fully saturated rings. The summed E-state index contributed by atoms with van der Waals surface area (Å²) >= 11 is 0. The Balaban J connectivity index is 2.16. The van der Waals surface area contributed by atoms with Crippen LogP contribution in [0, 0.1) is 0 Å². The standard InChI is InChI=1S/C11H12N4O2/c12-11-9-6(3-4-13-11)15(5-14-9)7-1-2-8(16)10(7)17/h1,3-5,8,10,16-17H,2H2,(H2,12,13)/t8-,10+/m0/s1. The molecule has 88 valence electrons. The zero-order valence-electron chi connectivity index (χ0n) is 8.98. The fourth-order valence-corrected chi connectivity index (χ4v) is 2.10. The maximum absolute atomic E-state index is 9.84. The molecule has 6 nitrogen and oxygen atoms in total. The van der Waals surface area contributed by atoms with E-state index in [4.69, 9.17) is 5.73 Å². The van der Waals surface area contributed by atoms with Gasteiger partial charge >= 0.3 is 0 Å². The third-order valence-corrected chi connectivity index (χ3v) is 3.01. The summed E-state index contributed by atoms with van der Waals surface area (Å²) in [6.45, 7) is 0. The topological polar surface area (TPSA) is 97.2 Å². The van der Waals surface area contributed by atoms with Crippen molar-refractivity contribution in [3.05, 3.63) is 24.7 Å². The molecular formula is C11H12N4O2. The van der Waals surface area contributed by atoms with Crippen LogP contribution in [0.25, 0.3) is 16.7 Å². The summed E-state index contributed by atoms with van der Waals surface area (Å²) in [6, 6.07) is 1.77. The van der Waals surface area contributed by atoms with Crippen molar-refractivity contribution >= 4 is 22.5 Å². The molecule has 0 saturated heterocycles. The molecule has 1 aliphatic rings. The molecule has 4 N–H and O–H groups in total. The number of nitrogen functional groups attached to an aromatic ring is 1. The fourth-order valence-electron chi connectivity index (χ4n) is 2.10. The van der Waals surface area contributed by atoms with Crippen LogP contribution in [-0.2, 0) is 0 Å². The molecule has 6 heteroatoms. The summed E-state index contributed by atoms with van der Waals surface area (Å²) in [5.41, 5.74) is 7.72. The van der Waals surface area contributed by atoms with Crippen molar-refractivity contribution in [2.45, 2.75) is 18.6 Å². The summed E-state index contributed by atoms with van der Waals surface area (Å²) in [4.78, 5) is 8.12. The van der Waals surface area contributed by atoms with Crippen LogP contribution in [0.3, 0.4) is 0 Å². The average molecular weight is 232 g/mol. The summed E-state index contributed by atoms with van der Waals surface area (Å²) in [6.07, 6.45) is 3.77. The highest BCUT2D eigenvalue weighted by Gasteiger charge is 2.28. The van der Waals surface area contributed by atoms with Crippen LogP contribution in [-0.4, -0.2) is 37.0 Å². The molecule has 3 rings (SSSR count). The van der Waals surface area contributed by atoms with E-state index in [9.17, 15) is 10.2 Å². The van der Waals surface area contributed by atoms with E-state index in [0.717, 1.165) is 5.52 Å². The van der Waals surface area contributed by atoms with Gasteiger partial charge in [0.25, 0.3) is 0 Å². The smallest absolute Gasteiger partial charge is 0.151 e. The Morgan fingerprint density at radius 1 is 1.35 bits per heavy atom. The molecule has 0 spiro atoms. The van der Waals surface area contributed by atoms with Gasteiger partial charge in [0.15, 0.2) is 5.82 Å². The van der Waals surface area contributed by atoms with E-state index in [0.29, 0.717) is 23.5 Å². The van der Waals surface area contributed by atoms with Crippen LogP contribution in [0.2, 0.25) is 0 Å². The summed E-state index contributed by atoms with van der Waals surface area (Å²) in [5, 5.41) is 19.4. The number of nitrogens with two attached hydrogens (primary N) is 1. The Morgan fingerprint density at radius 3 is 2.88 bits per heavy atom. The van der Waals surface area contributed by atoms with Crippen molar-refractivity contribution in [3.63, 3.8) is 0 Å². The minimum Gasteiger partial charge on any atom is -0.390 e. The van der Waals surface area contributed by atoms with Crippen molar-refractivity contribution < 1.29 is 10.2 Å². The first-order valence-corrected chi connectivity index (χ1v) is 5.32. The number of fused-ring (bicyclic) bond motifs is 1. The number of anilines is 1. The highest BCUT2D eigenvalue weighted by molar-refractivity contribution is 5.87. The lowest BCUT2D eigenvalue weighted by atomic mass is 10.2. The molecule has 2 heterocycles. The van der Waals surface area contributed by atoms with Gasteiger partial charge in [-0.25, -0.2) is 9.97 Å². The lowest BCUT2D eigenvalue weighted by molar-refractivity contribution is 0.0636. The van der Waals surface area contributed by atoms with E-state index < -0.39 is 12.2 Å². The maximum atomic E-state index is 9.84. The Bertz CT molecular complexity index is 605. The lowest BCUT2D eigenvalue weighted by Gasteiger charge is -2.13. The normalized spacial score (nSPS) is 24.2. The molecule has 2 atom stereocenters. The number of imidazole rings is 1. The molecule has 2 aromatic heterocycles. The quantitative estimate of drug-likeness (QED) is 0.642. The molecule has 0 aromatic carbocycles. The van der Waals surface area contributed by atoms with Crippen LogP contribution < -0.4 is 5.73 Å². The number of aliphatic hydroxyl groups excluding tert-OH is 2. The second kappa shape index (κ2) is 3.54. The monoisotopic (exact) mass is 232 g/mol. The predicted molar refractivity (Wildman–Crippen MR) is 62.8 cm³/mol. The first kappa shape index (κ1) is 10.2. The predicted octanol–water partition coefficient (Wildman–Crippen LogP) is -0.0201. The SMILES string of the molecule is Nc1nccc2c1ncn2C1=CC[C@H](O)[C@@H]1O. The molecule has 1 aliphatic carbocycles. The molecule has 0 amide bonds. The first-order chi connectivity index (χ1) is 8.18. The number of pyridine rings is 1. The average Bonchev–Trinajstić information content (AvgIpc) is 2.86. The van der Waals surface area contributed by atoms with Crippen molar-refractivity contribution in [2.24, 2.45) is 0 Å². The third-order valence-electron chi connectivity index (χ3n) is 3.01. The zero-order valence-corrected chi connectivity index (χ0v) is 8.98. The maximum Gasteiger partial charge on any atom is 0.151 e. The van der Waals surface area contributed by atoms with E-state index in [1.807, 2.05) is 0 Å². The van der Waals surface area contributed by atoms with Gasteiger partial charge in [-0.2, -0.15) is 0 Å². The Labute approximate surface area is 97.0 Å². The summed E-state index contributed by atoms with van der Waals surface area (Å²) in [7, 11) is 0. The summed E-state index contributed by atoms with van der Waals surface area (Å²) < 4.78 is 1.73. The molecule has 0 saturated carbocycles. The Morgan fingerprint density at radius 2 is 2.18 bits per heavy atom. The minimum absolute atomic E-state index is 0.356. The van der Waals surface area contributed by atoms with Gasteiger partial charge in [0, 0.05) is 6.20 Å². The zero-order chi connectivity index (χ0) is 12.0. The van der Waals surface area contributed by atoms with Gasteiger partial charge in [-0.05, 0) is 12.5 Å².